The maximum absolute atomic E-state index is 12.3. The smallest absolute Gasteiger partial charge is 0.269 e. The summed E-state index contributed by atoms with van der Waals surface area (Å²) in [6, 6.07) is 0.919. The summed E-state index contributed by atoms with van der Waals surface area (Å²) >= 11 is 0. The largest absolute Gasteiger partial charge is 0.368 e. The fraction of sp³-hybridized carbons (Fsp3) is 0.667. The molecule has 0 radical (unpaired) electrons. The fourth-order valence-corrected chi connectivity index (χ4v) is 2.38. The number of nitrogens with zero attached hydrogens (tertiary/aromatic N) is 3. The average molecular weight is 307 g/mol. The molecular weight excluding hydrogens is 282 g/mol. The highest BCUT2D eigenvalue weighted by atomic mass is 16.2. The quantitative estimate of drug-likeness (QED) is 0.830. The lowest BCUT2D eigenvalue weighted by Gasteiger charge is -2.29. The Morgan fingerprint density at radius 3 is 2.55 bits per heavy atom. The molecule has 0 aromatic carbocycles. The van der Waals surface area contributed by atoms with Gasteiger partial charge in [-0.05, 0) is 27.7 Å². The van der Waals surface area contributed by atoms with Gasteiger partial charge in [-0.25, -0.2) is 4.68 Å². The Morgan fingerprint density at radius 1 is 1.36 bits per heavy atom. The third-order valence-corrected chi connectivity index (χ3v) is 3.54. The molecule has 0 spiro atoms. The lowest BCUT2D eigenvalue weighted by atomic mass is 10.1. The van der Waals surface area contributed by atoms with Gasteiger partial charge in [-0.3, -0.25) is 9.59 Å². The number of anilines is 1. The van der Waals surface area contributed by atoms with Crippen LogP contribution in [-0.2, 0) is 4.79 Å². The van der Waals surface area contributed by atoms with E-state index in [0.29, 0.717) is 0 Å². The van der Waals surface area contributed by atoms with Crippen molar-refractivity contribution in [2.24, 2.45) is 0 Å². The van der Waals surface area contributed by atoms with Crippen LogP contribution in [0.25, 0.3) is 0 Å². The third kappa shape index (κ3) is 4.07. The molecule has 22 heavy (non-hydrogen) atoms. The van der Waals surface area contributed by atoms with Crippen LogP contribution < -0.4 is 21.1 Å². The highest BCUT2D eigenvalue weighted by Gasteiger charge is 2.22. The predicted molar refractivity (Wildman–Crippen MR) is 86.2 cm³/mol. The highest BCUT2D eigenvalue weighted by molar-refractivity contribution is 5.80. The Balaban J connectivity index is 2.15. The standard InChI is InChI=1S/C15H25N5O2/c1-11(14(22)18-15(2,3)4)20-13(21)9-12(10-17-20)19-7-5-16-6-8-19/h9-11,16H,5-8H2,1-4H3,(H,18,22)/t11-/m0/s1. The molecule has 0 bridgehead atoms. The number of amides is 1. The molecule has 1 amide bonds. The van der Waals surface area contributed by atoms with Crippen LogP contribution >= 0.6 is 0 Å². The van der Waals surface area contributed by atoms with E-state index < -0.39 is 6.04 Å². The second kappa shape index (κ2) is 6.48. The molecule has 7 nitrogen and oxygen atoms in total. The minimum absolute atomic E-state index is 0.211. The number of aromatic nitrogens is 2. The summed E-state index contributed by atoms with van der Waals surface area (Å²) in [6.07, 6.45) is 1.66. The van der Waals surface area contributed by atoms with Crippen LogP contribution in [0.2, 0.25) is 0 Å². The van der Waals surface area contributed by atoms with E-state index in [1.807, 2.05) is 20.8 Å². The van der Waals surface area contributed by atoms with E-state index in [-0.39, 0.29) is 17.0 Å². The number of rotatable bonds is 3. The summed E-state index contributed by atoms with van der Waals surface area (Å²) in [5.41, 5.74) is 0.217. The summed E-state index contributed by atoms with van der Waals surface area (Å²) in [4.78, 5) is 26.6. The van der Waals surface area contributed by atoms with E-state index in [9.17, 15) is 9.59 Å². The summed E-state index contributed by atoms with van der Waals surface area (Å²) in [5.74, 6) is -0.211. The molecule has 1 aromatic rings. The van der Waals surface area contributed by atoms with Crippen molar-refractivity contribution in [3.05, 3.63) is 22.6 Å². The van der Waals surface area contributed by atoms with Gasteiger partial charge in [0.25, 0.3) is 5.56 Å². The molecule has 0 aliphatic carbocycles. The minimum Gasteiger partial charge on any atom is -0.368 e. The maximum Gasteiger partial charge on any atom is 0.269 e. The van der Waals surface area contributed by atoms with E-state index in [1.165, 1.54) is 4.68 Å². The summed E-state index contributed by atoms with van der Waals surface area (Å²) in [6.45, 7) is 10.9. The molecule has 2 rings (SSSR count). The minimum atomic E-state index is -0.635. The zero-order chi connectivity index (χ0) is 16.3. The first-order valence-corrected chi connectivity index (χ1v) is 7.64. The van der Waals surface area contributed by atoms with Crippen molar-refractivity contribution in [3.63, 3.8) is 0 Å². The van der Waals surface area contributed by atoms with Crippen LogP contribution in [0, 0.1) is 0 Å². The van der Waals surface area contributed by atoms with Crippen LogP contribution in [0.3, 0.4) is 0 Å². The van der Waals surface area contributed by atoms with Crippen LogP contribution in [-0.4, -0.2) is 47.4 Å². The molecule has 1 fully saturated rings. The third-order valence-electron chi connectivity index (χ3n) is 3.54. The number of piperazine rings is 1. The van der Waals surface area contributed by atoms with Crippen molar-refractivity contribution in [1.29, 1.82) is 0 Å². The second-order valence-corrected chi connectivity index (χ2v) is 6.65. The Kier molecular flexibility index (Phi) is 4.85. The molecular formula is C15H25N5O2. The van der Waals surface area contributed by atoms with E-state index >= 15 is 0 Å². The van der Waals surface area contributed by atoms with Gasteiger partial charge in [0.15, 0.2) is 0 Å². The van der Waals surface area contributed by atoms with Gasteiger partial charge in [0.1, 0.15) is 6.04 Å². The van der Waals surface area contributed by atoms with Crippen molar-refractivity contribution in [3.8, 4) is 0 Å². The predicted octanol–water partition coefficient (Wildman–Crippen LogP) is 0.129. The van der Waals surface area contributed by atoms with Crippen LogP contribution in [0.15, 0.2) is 17.1 Å². The molecule has 0 unspecified atom stereocenters. The van der Waals surface area contributed by atoms with Gasteiger partial charge in [-0.1, -0.05) is 0 Å². The summed E-state index contributed by atoms with van der Waals surface area (Å²) in [5, 5.41) is 10.3. The number of carbonyl (C=O) groups excluding carboxylic acids is 1. The first-order valence-electron chi connectivity index (χ1n) is 7.64. The van der Waals surface area contributed by atoms with Gasteiger partial charge in [-0.15, -0.1) is 0 Å². The molecule has 2 N–H and O–H groups in total. The zero-order valence-electron chi connectivity index (χ0n) is 13.7. The van der Waals surface area contributed by atoms with Crippen molar-refractivity contribution in [2.75, 3.05) is 31.1 Å². The first-order chi connectivity index (χ1) is 10.3. The Morgan fingerprint density at radius 2 is 2.00 bits per heavy atom. The molecule has 1 aliphatic rings. The molecule has 1 aromatic heterocycles. The monoisotopic (exact) mass is 307 g/mol. The van der Waals surface area contributed by atoms with Crippen molar-refractivity contribution in [1.82, 2.24) is 20.4 Å². The molecule has 0 saturated carbocycles. The maximum atomic E-state index is 12.3. The van der Waals surface area contributed by atoms with Gasteiger partial charge in [0.2, 0.25) is 5.91 Å². The highest BCUT2D eigenvalue weighted by Crippen LogP contribution is 2.12. The molecule has 1 atom stereocenters. The average Bonchev–Trinajstić information content (AvgIpc) is 2.45. The van der Waals surface area contributed by atoms with Gasteiger partial charge >= 0.3 is 0 Å². The van der Waals surface area contributed by atoms with Gasteiger partial charge < -0.3 is 15.5 Å². The van der Waals surface area contributed by atoms with Crippen LogP contribution in [0.1, 0.15) is 33.7 Å². The fourth-order valence-electron chi connectivity index (χ4n) is 2.38. The SMILES string of the molecule is C[C@@H](C(=O)NC(C)(C)C)n1ncc(N2CCNCC2)cc1=O. The number of hydrogen-bond acceptors (Lipinski definition) is 5. The van der Waals surface area contributed by atoms with E-state index in [1.54, 1.807) is 19.2 Å². The first kappa shape index (κ1) is 16.5. The molecule has 7 heteroatoms. The van der Waals surface area contributed by atoms with Crippen molar-refractivity contribution >= 4 is 11.6 Å². The Labute approximate surface area is 130 Å². The topological polar surface area (TPSA) is 79.3 Å². The van der Waals surface area contributed by atoms with Crippen LogP contribution in [0.5, 0.6) is 0 Å². The van der Waals surface area contributed by atoms with Gasteiger partial charge in [0.05, 0.1) is 11.9 Å². The van der Waals surface area contributed by atoms with Gasteiger partial charge in [0, 0.05) is 37.8 Å². The lowest BCUT2D eigenvalue weighted by molar-refractivity contribution is -0.125. The summed E-state index contributed by atoms with van der Waals surface area (Å²) < 4.78 is 1.23. The second-order valence-electron chi connectivity index (χ2n) is 6.65. The number of carbonyl (C=O) groups is 1. The van der Waals surface area contributed by atoms with E-state index in [4.69, 9.17) is 0 Å². The Hall–Kier alpha value is -1.89. The molecule has 1 aliphatic heterocycles. The van der Waals surface area contributed by atoms with E-state index in [2.05, 4.69) is 20.6 Å². The number of hydrogen-bond donors (Lipinski definition) is 2. The lowest BCUT2D eigenvalue weighted by Crippen LogP contribution is -2.46. The van der Waals surface area contributed by atoms with Crippen molar-refractivity contribution < 1.29 is 4.79 Å². The van der Waals surface area contributed by atoms with Crippen LogP contribution in [0.4, 0.5) is 5.69 Å². The zero-order valence-corrected chi connectivity index (χ0v) is 13.7. The Bertz CT molecular complexity index is 584. The van der Waals surface area contributed by atoms with E-state index in [0.717, 1.165) is 31.9 Å². The summed E-state index contributed by atoms with van der Waals surface area (Å²) in [7, 11) is 0. The molecule has 122 valence electrons. The van der Waals surface area contributed by atoms with Crippen molar-refractivity contribution in [2.45, 2.75) is 39.3 Å². The van der Waals surface area contributed by atoms with Gasteiger partial charge in [-0.2, -0.15) is 5.10 Å². The number of nitrogens with one attached hydrogen (secondary N) is 2. The normalized spacial score (nSPS) is 17.2. The molecule has 1 saturated heterocycles. The molecule has 2 heterocycles.